The third kappa shape index (κ3) is 4.42. The van der Waals surface area contributed by atoms with Gasteiger partial charge in [0.05, 0.1) is 16.4 Å². The van der Waals surface area contributed by atoms with Crippen LogP contribution < -0.4 is 20.3 Å². The number of hydrogen-bond acceptors (Lipinski definition) is 4. The minimum atomic E-state index is -0.317. The maximum Gasteiger partial charge on any atom is 0.434 e. The lowest BCUT2D eigenvalue weighted by Gasteiger charge is -2.33. The minimum absolute atomic E-state index is 0.317. The van der Waals surface area contributed by atoms with Gasteiger partial charge in [-0.2, -0.15) is 0 Å². The highest BCUT2D eigenvalue weighted by atomic mass is 16.5. The molecule has 278 valence electrons. The van der Waals surface area contributed by atoms with Crippen molar-refractivity contribution in [1.29, 1.82) is 0 Å². The molecule has 60 heavy (non-hydrogen) atoms. The summed E-state index contributed by atoms with van der Waals surface area (Å²) in [5.74, 6) is 2.45. The Morgan fingerprint density at radius 1 is 0.400 bits per heavy atom. The molecular formula is C54H30BNO4. The van der Waals surface area contributed by atoms with Crippen molar-refractivity contribution in [3.05, 3.63) is 182 Å². The Labute approximate surface area is 343 Å². The Kier molecular flexibility index (Phi) is 6.31. The van der Waals surface area contributed by atoms with Gasteiger partial charge in [0.25, 0.3) is 0 Å². The number of aromatic nitrogens is 1. The molecule has 0 unspecified atom stereocenters. The standard InChI is InChI=1S/C54H30BNO4/c1-5-16-44-36(12-1)37-13-2-6-17-45(37)56(44)35-11-9-10-31(26-35)34-28-41-39-15-4-8-19-48(39)60-55-43-23-20-33(29-50(43)58-51(30-34)53(41)55)32-21-24-47-42(27-32)52-49(57-47)25-22-40-38-14-3-7-18-46(38)59-54(40)52/h1-30H. The van der Waals surface area contributed by atoms with Crippen molar-refractivity contribution in [2.45, 2.75) is 0 Å². The second kappa shape index (κ2) is 11.8. The molecule has 2 aliphatic rings. The van der Waals surface area contributed by atoms with Crippen molar-refractivity contribution in [2.75, 3.05) is 0 Å². The smallest absolute Gasteiger partial charge is 0.434 e. The van der Waals surface area contributed by atoms with E-state index < -0.39 is 0 Å². The van der Waals surface area contributed by atoms with Crippen LogP contribution in [0, 0.1) is 0 Å². The van der Waals surface area contributed by atoms with Gasteiger partial charge in [0.15, 0.2) is 0 Å². The Bertz CT molecular complexity index is 3760. The average molecular weight is 768 g/mol. The molecule has 0 radical (unpaired) electrons. The maximum atomic E-state index is 7.00. The second-order valence-corrected chi connectivity index (χ2v) is 15.9. The van der Waals surface area contributed by atoms with Gasteiger partial charge in [0.1, 0.15) is 39.6 Å². The molecule has 6 heteroatoms. The fourth-order valence-corrected chi connectivity index (χ4v) is 9.95. The molecule has 5 nitrogen and oxygen atoms in total. The monoisotopic (exact) mass is 767 g/mol. The van der Waals surface area contributed by atoms with Gasteiger partial charge < -0.3 is 22.8 Å². The number of furan rings is 2. The summed E-state index contributed by atoms with van der Waals surface area (Å²) in [5, 5.41) is 6.67. The molecule has 0 saturated carbocycles. The molecule has 0 saturated heterocycles. The predicted molar refractivity (Wildman–Crippen MR) is 244 cm³/mol. The number of rotatable bonds is 3. The fraction of sp³-hybridized carbons (Fsp3) is 0. The number of para-hydroxylation sites is 4. The predicted octanol–water partition coefficient (Wildman–Crippen LogP) is 13.2. The molecular weight excluding hydrogens is 737 g/mol. The van der Waals surface area contributed by atoms with E-state index in [2.05, 4.69) is 162 Å². The van der Waals surface area contributed by atoms with Crippen molar-refractivity contribution in [2.24, 2.45) is 0 Å². The lowest BCUT2D eigenvalue weighted by atomic mass is 9.50. The van der Waals surface area contributed by atoms with Crippen molar-refractivity contribution in [1.82, 2.24) is 4.57 Å². The van der Waals surface area contributed by atoms with E-state index in [1.807, 2.05) is 24.3 Å². The Hall–Kier alpha value is -7.96. The maximum absolute atomic E-state index is 7.00. The highest BCUT2D eigenvalue weighted by molar-refractivity contribution is 6.84. The number of hydrogen-bond donors (Lipinski definition) is 0. The molecule has 5 heterocycles. The quantitative estimate of drug-likeness (QED) is 0.168. The van der Waals surface area contributed by atoms with E-state index in [-0.39, 0.29) is 6.92 Å². The van der Waals surface area contributed by atoms with Gasteiger partial charge in [0.2, 0.25) is 0 Å². The highest BCUT2D eigenvalue weighted by Gasteiger charge is 2.41. The van der Waals surface area contributed by atoms with Gasteiger partial charge >= 0.3 is 6.92 Å². The van der Waals surface area contributed by atoms with Gasteiger partial charge in [-0.15, -0.1) is 0 Å². The lowest BCUT2D eigenvalue weighted by Crippen LogP contribution is -2.53. The Morgan fingerprint density at radius 2 is 1.10 bits per heavy atom. The molecule has 3 aromatic heterocycles. The summed E-state index contributed by atoms with van der Waals surface area (Å²) in [6.45, 7) is -0.317. The molecule has 0 aliphatic carbocycles. The largest absolute Gasteiger partial charge is 0.551 e. The third-order valence-corrected chi connectivity index (χ3v) is 12.7. The molecule has 2 aliphatic heterocycles. The molecule has 0 bridgehead atoms. The normalized spacial score (nSPS) is 12.9. The summed E-state index contributed by atoms with van der Waals surface area (Å²) in [6, 6.07) is 64.1. The molecule has 12 aromatic rings. The van der Waals surface area contributed by atoms with Crippen LogP contribution >= 0.6 is 0 Å². The van der Waals surface area contributed by atoms with Gasteiger partial charge in [-0.1, -0.05) is 103 Å². The molecule has 0 fully saturated rings. The summed E-state index contributed by atoms with van der Waals surface area (Å²) in [5.41, 5.74) is 15.3. The van der Waals surface area contributed by atoms with Crippen LogP contribution in [0.15, 0.2) is 191 Å². The van der Waals surface area contributed by atoms with Crippen LogP contribution in [-0.2, 0) is 0 Å². The molecule has 0 atom stereocenters. The SMILES string of the molecule is c1cc(-c2cc3c4c(c2)-c2ccccc2OB4c2ccc(-c4ccc5oc6ccc7c8ccccc8oc7c6c5c4)cc2O3)cc(-n2c3ccccc3c3ccccc32)c1. The summed E-state index contributed by atoms with van der Waals surface area (Å²) >= 11 is 0. The Morgan fingerprint density at radius 3 is 1.98 bits per heavy atom. The van der Waals surface area contributed by atoms with E-state index in [0.29, 0.717) is 0 Å². The summed E-state index contributed by atoms with van der Waals surface area (Å²) in [4.78, 5) is 0. The van der Waals surface area contributed by atoms with Crippen molar-refractivity contribution in [3.63, 3.8) is 0 Å². The first kappa shape index (κ1) is 32.1. The molecule has 9 aromatic carbocycles. The number of ether oxygens (including phenoxy) is 1. The van der Waals surface area contributed by atoms with E-state index in [0.717, 1.165) is 111 Å². The summed E-state index contributed by atoms with van der Waals surface area (Å²) in [6.07, 6.45) is 0. The van der Waals surface area contributed by atoms with Crippen LogP contribution in [-0.4, -0.2) is 11.5 Å². The van der Waals surface area contributed by atoms with Crippen molar-refractivity contribution >= 4 is 83.5 Å². The Balaban J connectivity index is 0.910. The summed E-state index contributed by atoms with van der Waals surface area (Å²) in [7, 11) is 0. The summed E-state index contributed by atoms with van der Waals surface area (Å²) < 4.78 is 29.0. The zero-order valence-corrected chi connectivity index (χ0v) is 32.0. The first-order valence-corrected chi connectivity index (χ1v) is 20.3. The van der Waals surface area contributed by atoms with Crippen molar-refractivity contribution in [3.8, 4) is 56.3 Å². The zero-order valence-electron chi connectivity index (χ0n) is 32.0. The highest BCUT2D eigenvalue weighted by Crippen LogP contribution is 2.44. The van der Waals surface area contributed by atoms with Gasteiger partial charge in [-0.05, 0) is 107 Å². The minimum Gasteiger partial charge on any atom is -0.551 e. The van der Waals surface area contributed by atoms with Gasteiger partial charge in [-0.25, -0.2) is 0 Å². The first-order chi connectivity index (χ1) is 29.7. The molecule has 0 spiro atoms. The van der Waals surface area contributed by atoms with Crippen LogP contribution in [0.3, 0.4) is 0 Å². The van der Waals surface area contributed by atoms with E-state index in [9.17, 15) is 0 Å². The van der Waals surface area contributed by atoms with Crippen LogP contribution in [0.4, 0.5) is 0 Å². The molecule has 0 N–H and O–H groups in total. The molecule has 14 rings (SSSR count). The van der Waals surface area contributed by atoms with Gasteiger partial charge in [-0.3, -0.25) is 0 Å². The second-order valence-electron chi connectivity index (χ2n) is 15.9. The van der Waals surface area contributed by atoms with E-state index in [1.54, 1.807) is 0 Å². The fourth-order valence-electron chi connectivity index (χ4n) is 9.95. The van der Waals surface area contributed by atoms with Crippen LogP contribution in [0.25, 0.3) is 105 Å². The van der Waals surface area contributed by atoms with Crippen molar-refractivity contribution < 1.29 is 18.2 Å². The van der Waals surface area contributed by atoms with Crippen LogP contribution in [0.5, 0.6) is 17.2 Å². The zero-order chi connectivity index (χ0) is 39.1. The molecule has 0 amide bonds. The average Bonchev–Trinajstić information content (AvgIpc) is 3.98. The van der Waals surface area contributed by atoms with Crippen LogP contribution in [0.2, 0.25) is 0 Å². The van der Waals surface area contributed by atoms with E-state index in [1.165, 1.54) is 21.8 Å². The van der Waals surface area contributed by atoms with E-state index in [4.69, 9.17) is 18.2 Å². The van der Waals surface area contributed by atoms with E-state index >= 15 is 0 Å². The number of benzene rings is 9. The number of fused-ring (bicyclic) bond motifs is 14. The number of nitrogens with zero attached hydrogens (tertiary/aromatic N) is 1. The third-order valence-electron chi connectivity index (χ3n) is 12.7. The van der Waals surface area contributed by atoms with Gasteiger partial charge in [0, 0.05) is 49.1 Å². The first-order valence-electron chi connectivity index (χ1n) is 20.3. The lowest BCUT2D eigenvalue weighted by molar-refractivity contribution is 0.480. The van der Waals surface area contributed by atoms with Crippen LogP contribution in [0.1, 0.15) is 0 Å². The topological polar surface area (TPSA) is 49.7 Å².